The van der Waals surface area contributed by atoms with Crippen molar-refractivity contribution >= 4 is 34.4 Å². The number of carboxylic acid groups (broad SMARTS) is 1. The van der Waals surface area contributed by atoms with Crippen LogP contribution in [-0.2, 0) is 0 Å². The minimum absolute atomic E-state index is 0.0132. The SMILES string of the molecule is CNC(=O)N1CCN(c2ncc(F)c3cc(C(=O)O)ccc23)CC1=N. The zero-order valence-corrected chi connectivity index (χ0v) is 13.4. The molecule has 0 saturated carbocycles. The van der Waals surface area contributed by atoms with Gasteiger partial charge in [0.25, 0.3) is 0 Å². The van der Waals surface area contributed by atoms with Crippen LogP contribution in [0.5, 0.6) is 0 Å². The first kappa shape index (κ1) is 16.6. The van der Waals surface area contributed by atoms with Crippen molar-refractivity contribution in [3.05, 3.63) is 35.8 Å². The summed E-state index contributed by atoms with van der Waals surface area (Å²) in [5.74, 6) is -1.19. The predicted molar refractivity (Wildman–Crippen MR) is 89.8 cm³/mol. The van der Waals surface area contributed by atoms with Gasteiger partial charge in [0, 0.05) is 30.9 Å². The summed E-state index contributed by atoms with van der Waals surface area (Å²) in [4.78, 5) is 30.0. The number of halogens is 1. The quantitative estimate of drug-likeness (QED) is 0.764. The first-order valence-corrected chi connectivity index (χ1v) is 7.55. The maximum Gasteiger partial charge on any atom is 0.335 e. The van der Waals surface area contributed by atoms with E-state index in [1.807, 2.05) is 0 Å². The van der Waals surface area contributed by atoms with Crippen LogP contribution < -0.4 is 10.2 Å². The number of aromatic carboxylic acids is 1. The van der Waals surface area contributed by atoms with Gasteiger partial charge in [0.2, 0.25) is 0 Å². The highest BCUT2D eigenvalue weighted by Gasteiger charge is 2.27. The molecule has 0 bridgehead atoms. The fourth-order valence-electron chi connectivity index (χ4n) is 2.82. The van der Waals surface area contributed by atoms with Crippen LogP contribution in [0.15, 0.2) is 24.4 Å². The molecule has 25 heavy (non-hydrogen) atoms. The van der Waals surface area contributed by atoms with Gasteiger partial charge in [-0.2, -0.15) is 0 Å². The van der Waals surface area contributed by atoms with E-state index in [9.17, 15) is 14.0 Å². The molecule has 0 spiro atoms. The van der Waals surface area contributed by atoms with Crippen LogP contribution in [0.2, 0.25) is 0 Å². The summed E-state index contributed by atoms with van der Waals surface area (Å²) in [6.45, 7) is 0.859. The second kappa shape index (κ2) is 6.34. The van der Waals surface area contributed by atoms with E-state index in [-0.39, 0.29) is 29.4 Å². The molecular formula is C16H16FN5O3. The summed E-state index contributed by atoms with van der Waals surface area (Å²) >= 11 is 0. The van der Waals surface area contributed by atoms with Crippen molar-refractivity contribution < 1.29 is 19.1 Å². The van der Waals surface area contributed by atoms with E-state index in [0.717, 1.165) is 6.20 Å². The highest BCUT2D eigenvalue weighted by molar-refractivity contribution is 6.02. The molecule has 8 nitrogen and oxygen atoms in total. The average Bonchev–Trinajstić information content (AvgIpc) is 2.61. The second-order valence-electron chi connectivity index (χ2n) is 5.57. The minimum atomic E-state index is -1.14. The number of carbonyl (C=O) groups is 2. The third kappa shape index (κ3) is 2.95. The van der Waals surface area contributed by atoms with Crippen LogP contribution in [0.25, 0.3) is 10.8 Å². The summed E-state index contributed by atoms with van der Waals surface area (Å²) in [6, 6.07) is 3.82. The number of aromatic nitrogens is 1. The topological polar surface area (TPSA) is 110 Å². The number of anilines is 1. The summed E-state index contributed by atoms with van der Waals surface area (Å²) in [5.41, 5.74) is -0.0132. The van der Waals surface area contributed by atoms with Crippen molar-refractivity contribution in [1.29, 1.82) is 5.41 Å². The lowest BCUT2D eigenvalue weighted by Crippen LogP contribution is -2.54. The Balaban J connectivity index is 1.97. The molecule has 3 rings (SSSR count). The van der Waals surface area contributed by atoms with Crippen LogP contribution in [0.1, 0.15) is 10.4 Å². The summed E-state index contributed by atoms with van der Waals surface area (Å²) in [5, 5.41) is 20.2. The van der Waals surface area contributed by atoms with Gasteiger partial charge in [0.1, 0.15) is 17.5 Å². The first-order valence-electron chi connectivity index (χ1n) is 7.55. The Kier molecular flexibility index (Phi) is 4.22. The van der Waals surface area contributed by atoms with Gasteiger partial charge in [-0.1, -0.05) is 0 Å². The van der Waals surface area contributed by atoms with Gasteiger partial charge in [0.05, 0.1) is 18.3 Å². The van der Waals surface area contributed by atoms with Crippen LogP contribution in [0.4, 0.5) is 15.0 Å². The molecule has 2 heterocycles. The predicted octanol–water partition coefficient (Wildman–Crippen LogP) is 1.51. The van der Waals surface area contributed by atoms with Crippen molar-refractivity contribution in [2.75, 3.05) is 31.6 Å². The Hall–Kier alpha value is -3.23. The molecular weight excluding hydrogens is 329 g/mol. The number of pyridine rings is 1. The van der Waals surface area contributed by atoms with Gasteiger partial charge in [-0.15, -0.1) is 0 Å². The number of benzene rings is 1. The van der Waals surface area contributed by atoms with E-state index in [4.69, 9.17) is 10.5 Å². The number of amides is 2. The number of carbonyl (C=O) groups excluding carboxylic acids is 1. The van der Waals surface area contributed by atoms with E-state index in [0.29, 0.717) is 24.3 Å². The van der Waals surface area contributed by atoms with Crippen molar-refractivity contribution in [2.45, 2.75) is 0 Å². The molecule has 2 amide bonds. The van der Waals surface area contributed by atoms with Gasteiger partial charge in [-0.25, -0.2) is 19.0 Å². The fourth-order valence-corrected chi connectivity index (χ4v) is 2.82. The highest BCUT2D eigenvalue weighted by Crippen LogP contribution is 2.28. The molecule has 1 aromatic heterocycles. The molecule has 1 fully saturated rings. The highest BCUT2D eigenvalue weighted by atomic mass is 19.1. The lowest BCUT2D eigenvalue weighted by atomic mass is 10.1. The maximum absolute atomic E-state index is 14.1. The number of piperazine rings is 1. The number of rotatable bonds is 2. The van der Waals surface area contributed by atoms with E-state index in [2.05, 4.69) is 10.3 Å². The normalized spacial score (nSPS) is 14.7. The molecule has 1 aromatic carbocycles. The number of amidine groups is 1. The van der Waals surface area contributed by atoms with Crippen molar-refractivity contribution in [1.82, 2.24) is 15.2 Å². The largest absolute Gasteiger partial charge is 0.478 e. The fraction of sp³-hybridized carbons (Fsp3) is 0.250. The van der Waals surface area contributed by atoms with Crippen molar-refractivity contribution in [3.63, 3.8) is 0 Å². The molecule has 0 atom stereocenters. The number of carboxylic acids is 1. The molecule has 1 aliphatic heterocycles. The maximum atomic E-state index is 14.1. The summed E-state index contributed by atoms with van der Waals surface area (Å²) < 4.78 is 14.1. The molecule has 1 saturated heterocycles. The van der Waals surface area contributed by atoms with Gasteiger partial charge in [-0.05, 0) is 18.2 Å². The van der Waals surface area contributed by atoms with Gasteiger partial charge >= 0.3 is 12.0 Å². The lowest BCUT2D eigenvalue weighted by Gasteiger charge is -2.35. The molecule has 1 aliphatic rings. The third-order valence-corrected chi connectivity index (χ3v) is 4.08. The van der Waals surface area contributed by atoms with Crippen LogP contribution >= 0.6 is 0 Å². The minimum Gasteiger partial charge on any atom is -0.478 e. The first-order chi connectivity index (χ1) is 11.9. The van der Waals surface area contributed by atoms with E-state index < -0.39 is 11.8 Å². The number of hydrogen-bond acceptors (Lipinski definition) is 5. The second-order valence-corrected chi connectivity index (χ2v) is 5.57. The Bertz CT molecular complexity index is 885. The van der Waals surface area contributed by atoms with Crippen LogP contribution in [0.3, 0.4) is 0 Å². The van der Waals surface area contributed by atoms with Gasteiger partial charge in [0.15, 0.2) is 0 Å². The Morgan fingerprint density at radius 3 is 2.72 bits per heavy atom. The molecule has 0 unspecified atom stereocenters. The zero-order valence-electron chi connectivity index (χ0n) is 13.4. The molecule has 130 valence electrons. The van der Waals surface area contributed by atoms with E-state index >= 15 is 0 Å². The molecule has 3 N–H and O–H groups in total. The molecule has 0 radical (unpaired) electrons. The van der Waals surface area contributed by atoms with Gasteiger partial charge in [-0.3, -0.25) is 10.3 Å². The number of nitrogens with zero attached hydrogens (tertiary/aromatic N) is 3. The molecule has 9 heteroatoms. The third-order valence-electron chi connectivity index (χ3n) is 4.08. The monoisotopic (exact) mass is 345 g/mol. The summed E-state index contributed by atoms with van der Waals surface area (Å²) in [7, 11) is 1.50. The number of fused-ring (bicyclic) bond motifs is 1. The Morgan fingerprint density at radius 1 is 1.32 bits per heavy atom. The smallest absolute Gasteiger partial charge is 0.335 e. The number of hydrogen-bond donors (Lipinski definition) is 3. The van der Waals surface area contributed by atoms with Crippen molar-refractivity contribution in [3.8, 4) is 0 Å². The van der Waals surface area contributed by atoms with E-state index in [1.165, 1.54) is 30.1 Å². The Morgan fingerprint density at radius 2 is 2.08 bits per heavy atom. The van der Waals surface area contributed by atoms with Crippen LogP contribution in [-0.4, -0.2) is 59.5 Å². The molecule has 0 aliphatic carbocycles. The van der Waals surface area contributed by atoms with Crippen LogP contribution in [0, 0.1) is 11.2 Å². The Labute approximate surface area is 142 Å². The van der Waals surface area contributed by atoms with Crippen molar-refractivity contribution in [2.24, 2.45) is 0 Å². The van der Waals surface area contributed by atoms with E-state index in [1.54, 1.807) is 4.90 Å². The van der Waals surface area contributed by atoms with Gasteiger partial charge < -0.3 is 15.3 Å². The lowest BCUT2D eigenvalue weighted by molar-refractivity contribution is 0.0697. The summed E-state index contributed by atoms with van der Waals surface area (Å²) in [6.07, 6.45) is 1.04. The zero-order chi connectivity index (χ0) is 18.1. The number of nitrogens with one attached hydrogen (secondary N) is 2. The molecule has 2 aromatic rings. The standard InChI is InChI=1S/C16H16FN5O3/c1-19-16(25)22-5-4-21(8-13(22)18)14-10-3-2-9(15(23)24)6-11(10)12(17)7-20-14/h2-3,6-7,18H,4-5,8H2,1H3,(H,19,25)(H,23,24). The number of urea groups is 1. The average molecular weight is 345 g/mol.